The fraction of sp³-hybridized carbons (Fsp3) is 0.154. The zero-order valence-electron chi connectivity index (χ0n) is 13.9. The number of hydrogen-bond donors (Lipinski definition) is 2. The number of nitrogens with zero attached hydrogens (tertiary/aromatic N) is 4. The second-order valence-corrected chi connectivity index (χ2v) is 8.48. The van der Waals surface area contributed by atoms with Gasteiger partial charge in [-0.15, -0.1) is 5.10 Å². The van der Waals surface area contributed by atoms with E-state index in [9.17, 15) is 25.6 Å². The van der Waals surface area contributed by atoms with Crippen molar-refractivity contribution in [2.24, 2.45) is 0 Å². The van der Waals surface area contributed by atoms with E-state index in [1.54, 1.807) is 10.8 Å². The van der Waals surface area contributed by atoms with Gasteiger partial charge >= 0.3 is 5.76 Å². The summed E-state index contributed by atoms with van der Waals surface area (Å²) in [7, 11) is -8.35. The molecule has 28 heavy (non-hydrogen) atoms. The first-order chi connectivity index (χ1) is 13.1. The quantitative estimate of drug-likeness (QED) is 0.558. The Labute approximate surface area is 157 Å². The molecule has 0 aliphatic carbocycles. The molecule has 0 aliphatic rings. The summed E-state index contributed by atoms with van der Waals surface area (Å²) in [6.45, 7) is 0. The highest BCUT2D eigenvalue weighted by Gasteiger charge is 2.28. The van der Waals surface area contributed by atoms with Gasteiger partial charge in [0.05, 0.1) is 12.8 Å². The fourth-order valence-electron chi connectivity index (χ4n) is 2.10. The van der Waals surface area contributed by atoms with E-state index in [-0.39, 0.29) is 17.5 Å². The molecule has 0 amide bonds. The smallest absolute Gasteiger partial charge is 0.355 e. The monoisotopic (exact) mass is 434 g/mol. The molecule has 0 fully saturated rings. The summed E-state index contributed by atoms with van der Waals surface area (Å²) in [4.78, 5) is 7.10. The number of nitrogens with one attached hydrogen (secondary N) is 2. The van der Waals surface area contributed by atoms with Crippen molar-refractivity contribution in [3.63, 3.8) is 0 Å². The van der Waals surface area contributed by atoms with Crippen LogP contribution in [0.3, 0.4) is 0 Å². The van der Waals surface area contributed by atoms with Crippen LogP contribution in [-0.2, 0) is 20.0 Å². The summed E-state index contributed by atoms with van der Waals surface area (Å²) in [5, 5.41) is 3.86. The first-order valence-electron chi connectivity index (χ1n) is 7.30. The number of alkyl halides is 2. The van der Waals surface area contributed by atoms with Gasteiger partial charge in [-0.2, -0.15) is 13.8 Å². The first-order valence-corrected chi connectivity index (χ1v) is 10.3. The molecule has 0 saturated carbocycles. The number of rotatable bonds is 7. The molecular weight excluding hydrogens is 422 g/mol. The van der Waals surface area contributed by atoms with Crippen LogP contribution in [-0.4, -0.2) is 49.3 Å². The summed E-state index contributed by atoms with van der Waals surface area (Å²) >= 11 is 0. The van der Waals surface area contributed by atoms with Gasteiger partial charge in [0.1, 0.15) is 10.6 Å². The van der Waals surface area contributed by atoms with Crippen molar-refractivity contribution in [1.29, 1.82) is 0 Å². The van der Waals surface area contributed by atoms with Crippen LogP contribution in [0.4, 0.5) is 20.4 Å². The number of methoxy groups -OCH3 is 1. The molecule has 2 heterocycles. The zero-order valence-corrected chi connectivity index (χ0v) is 15.6. The molecule has 150 valence electrons. The molecule has 0 aliphatic heterocycles. The van der Waals surface area contributed by atoms with E-state index in [1.165, 1.54) is 30.1 Å². The third kappa shape index (κ3) is 3.94. The summed E-state index contributed by atoms with van der Waals surface area (Å²) < 4.78 is 83.4. The minimum absolute atomic E-state index is 0.0426. The van der Waals surface area contributed by atoms with Crippen LogP contribution >= 0.6 is 0 Å². The highest BCUT2D eigenvalue weighted by Crippen LogP contribution is 2.29. The maximum absolute atomic E-state index is 12.7. The highest BCUT2D eigenvalue weighted by molar-refractivity contribution is 7.94. The van der Waals surface area contributed by atoms with Crippen LogP contribution in [0.15, 0.2) is 41.6 Å². The SMILES string of the molecule is COc1ccc(S(=O)(=O)Nc2nc3ncccn3n2)c(NS(=O)(=O)C(F)F)c1. The Hall–Kier alpha value is -3.07. The van der Waals surface area contributed by atoms with E-state index in [2.05, 4.69) is 15.1 Å². The molecule has 0 atom stereocenters. The molecule has 1 aromatic carbocycles. The van der Waals surface area contributed by atoms with Gasteiger partial charge in [0, 0.05) is 18.5 Å². The summed E-state index contributed by atoms with van der Waals surface area (Å²) in [5.74, 6) is -3.97. The van der Waals surface area contributed by atoms with Crippen molar-refractivity contribution in [3.8, 4) is 5.75 Å². The van der Waals surface area contributed by atoms with Gasteiger partial charge in [-0.05, 0) is 18.2 Å². The number of benzene rings is 1. The second-order valence-electron chi connectivity index (χ2n) is 5.17. The van der Waals surface area contributed by atoms with E-state index >= 15 is 0 Å². The lowest BCUT2D eigenvalue weighted by atomic mass is 10.3. The highest BCUT2D eigenvalue weighted by atomic mass is 32.2. The van der Waals surface area contributed by atoms with Crippen LogP contribution in [0, 0.1) is 0 Å². The third-order valence-corrected chi connectivity index (χ3v) is 5.67. The Morgan fingerprint density at radius 2 is 1.93 bits per heavy atom. The largest absolute Gasteiger partial charge is 0.497 e. The van der Waals surface area contributed by atoms with Gasteiger partial charge in [-0.3, -0.25) is 4.72 Å². The van der Waals surface area contributed by atoms with Crippen LogP contribution in [0.5, 0.6) is 5.75 Å². The van der Waals surface area contributed by atoms with E-state index < -0.39 is 36.4 Å². The first kappa shape index (κ1) is 19.7. The molecule has 0 unspecified atom stereocenters. The Morgan fingerprint density at radius 3 is 2.57 bits per heavy atom. The maximum atomic E-state index is 12.7. The third-order valence-electron chi connectivity index (χ3n) is 3.31. The van der Waals surface area contributed by atoms with Gasteiger partial charge in [0.2, 0.25) is 0 Å². The topological polar surface area (TPSA) is 145 Å². The minimum Gasteiger partial charge on any atom is -0.497 e. The van der Waals surface area contributed by atoms with Crippen molar-refractivity contribution in [2.75, 3.05) is 16.6 Å². The predicted molar refractivity (Wildman–Crippen MR) is 93.1 cm³/mol. The lowest BCUT2D eigenvalue weighted by molar-refractivity contribution is 0.236. The number of hydrogen-bond acceptors (Lipinski definition) is 8. The molecule has 3 aromatic rings. The molecule has 0 saturated heterocycles. The van der Waals surface area contributed by atoms with Gasteiger partial charge < -0.3 is 4.74 Å². The molecular formula is C13H12F2N6O5S2. The van der Waals surface area contributed by atoms with Gasteiger partial charge in [-0.25, -0.2) is 31.1 Å². The molecule has 0 bridgehead atoms. The van der Waals surface area contributed by atoms with Gasteiger partial charge in [-0.1, -0.05) is 0 Å². The Kier molecular flexibility index (Phi) is 5.03. The van der Waals surface area contributed by atoms with Crippen molar-refractivity contribution in [3.05, 3.63) is 36.7 Å². The average molecular weight is 434 g/mol. The number of fused-ring (bicyclic) bond motifs is 1. The Morgan fingerprint density at radius 1 is 1.18 bits per heavy atom. The Balaban J connectivity index is 2.02. The molecule has 3 rings (SSSR count). The van der Waals surface area contributed by atoms with Crippen molar-refractivity contribution < 1.29 is 30.4 Å². The fourth-order valence-corrected chi connectivity index (χ4v) is 3.81. The van der Waals surface area contributed by atoms with Crippen LogP contribution in [0.25, 0.3) is 5.78 Å². The minimum atomic E-state index is -5.13. The lowest BCUT2D eigenvalue weighted by Gasteiger charge is -2.14. The number of anilines is 2. The maximum Gasteiger partial charge on any atom is 0.355 e. The molecule has 0 spiro atoms. The summed E-state index contributed by atoms with van der Waals surface area (Å²) in [6.07, 6.45) is 2.89. The predicted octanol–water partition coefficient (Wildman–Crippen LogP) is 0.898. The van der Waals surface area contributed by atoms with Gasteiger partial charge in [0.25, 0.3) is 31.8 Å². The van der Waals surface area contributed by atoms with Crippen molar-refractivity contribution in [2.45, 2.75) is 10.7 Å². The summed E-state index contributed by atoms with van der Waals surface area (Å²) in [5.41, 5.74) is -0.631. The standard InChI is InChI=1S/C13H12F2N6O5S2/c1-26-8-3-4-10(9(7-8)19-28(24,25)11(14)15)27(22,23)20-12-17-13-16-5-2-6-21(13)18-12/h2-7,11,19H,1H3,(H,18,20). The molecule has 0 radical (unpaired) electrons. The number of sulfonamides is 2. The number of halogens is 2. The van der Waals surface area contributed by atoms with E-state index in [4.69, 9.17) is 4.74 Å². The van der Waals surface area contributed by atoms with Crippen LogP contribution < -0.4 is 14.2 Å². The van der Waals surface area contributed by atoms with Crippen molar-refractivity contribution in [1.82, 2.24) is 19.6 Å². The lowest BCUT2D eigenvalue weighted by Crippen LogP contribution is -2.23. The number of ether oxygens (including phenoxy) is 1. The Bertz CT molecular complexity index is 1200. The summed E-state index contributed by atoms with van der Waals surface area (Å²) in [6, 6.07) is 4.69. The van der Waals surface area contributed by atoms with E-state index in [1.807, 2.05) is 4.72 Å². The second kappa shape index (κ2) is 7.16. The van der Waals surface area contributed by atoms with Crippen molar-refractivity contribution >= 4 is 37.5 Å². The molecule has 2 aromatic heterocycles. The van der Waals surface area contributed by atoms with E-state index in [0.29, 0.717) is 0 Å². The zero-order chi connectivity index (χ0) is 20.5. The van der Waals surface area contributed by atoms with Crippen LogP contribution in [0.1, 0.15) is 0 Å². The normalized spacial score (nSPS) is 12.3. The number of aromatic nitrogens is 4. The van der Waals surface area contributed by atoms with Crippen LogP contribution in [0.2, 0.25) is 0 Å². The average Bonchev–Trinajstić information content (AvgIpc) is 3.02. The van der Waals surface area contributed by atoms with Gasteiger partial charge in [0.15, 0.2) is 0 Å². The van der Waals surface area contributed by atoms with E-state index in [0.717, 1.165) is 12.1 Å². The molecule has 15 heteroatoms. The molecule has 2 N–H and O–H groups in total. The molecule has 11 nitrogen and oxygen atoms in total.